The van der Waals surface area contributed by atoms with Crippen LogP contribution in [0.1, 0.15) is 31.0 Å². The summed E-state index contributed by atoms with van der Waals surface area (Å²) in [4.78, 5) is 36.9. The monoisotopic (exact) mass is 419 g/mol. The highest BCUT2D eigenvalue weighted by molar-refractivity contribution is 7.19. The van der Waals surface area contributed by atoms with Gasteiger partial charge in [-0.15, -0.1) is 11.3 Å². The molecule has 0 aliphatic rings. The number of anilines is 1. The van der Waals surface area contributed by atoms with Crippen molar-refractivity contribution in [2.24, 2.45) is 16.6 Å². The second kappa shape index (κ2) is 9.91. The molecule has 148 valence electrons. The van der Waals surface area contributed by atoms with Crippen molar-refractivity contribution in [3.05, 3.63) is 16.1 Å². The standard InChI is InChI=1S/C17H21N7O2S2/c1-9(2)15(25)23-12(19)5-7-20-16(26)24-17-21-10(3)14(28-17)11-8-27-13(22-11)4-6-18/h8-9H,4-5,7H2,1-3H3,(H2,19,23,25)(H2,20,21,24,26). The van der Waals surface area contributed by atoms with Crippen LogP contribution < -0.4 is 16.4 Å². The van der Waals surface area contributed by atoms with Gasteiger partial charge in [-0.25, -0.2) is 19.8 Å². The first-order chi connectivity index (χ1) is 13.3. The Morgan fingerprint density at radius 1 is 1.39 bits per heavy atom. The molecular formula is C17H21N7O2S2. The molecule has 2 rings (SSSR count). The molecule has 0 aromatic carbocycles. The normalized spacial score (nSPS) is 11.3. The molecule has 0 fully saturated rings. The van der Waals surface area contributed by atoms with E-state index in [2.05, 4.69) is 31.7 Å². The van der Waals surface area contributed by atoms with Gasteiger partial charge in [-0.2, -0.15) is 5.26 Å². The largest absolute Gasteiger partial charge is 0.387 e. The third-order valence-corrected chi connectivity index (χ3v) is 5.39. The maximum atomic E-state index is 12.0. The molecule has 28 heavy (non-hydrogen) atoms. The van der Waals surface area contributed by atoms with Gasteiger partial charge in [0.1, 0.15) is 10.8 Å². The number of rotatable bonds is 7. The molecule has 11 heteroatoms. The Morgan fingerprint density at radius 2 is 2.14 bits per heavy atom. The minimum Gasteiger partial charge on any atom is -0.387 e. The van der Waals surface area contributed by atoms with Crippen molar-refractivity contribution in [3.8, 4) is 16.6 Å². The molecule has 0 spiro atoms. The number of urea groups is 1. The summed E-state index contributed by atoms with van der Waals surface area (Å²) in [7, 11) is 0. The van der Waals surface area contributed by atoms with Crippen molar-refractivity contribution >= 4 is 45.6 Å². The molecule has 2 aromatic rings. The molecule has 4 N–H and O–H groups in total. The Bertz CT molecular complexity index is 924. The fourth-order valence-corrected chi connectivity index (χ4v) is 3.74. The van der Waals surface area contributed by atoms with E-state index >= 15 is 0 Å². The SMILES string of the molecule is Cc1nc(NC(=O)NCCC(N)=NC(=O)C(C)C)sc1-c1csc(CC#N)n1. The number of nitrogens with zero attached hydrogens (tertiary/aromatic N) is 4. The average molecular weight is 420 g/mol. The number of aliphatic imine (C=N–C) groups is 1. The summed E-state index contributed by atoms with van der Waals surface area (Å²) in [5.41, 5.74) is 7.18. The fraction of sp³-hybridized carbons (Fsp3) is 0.412. The van der Waals surface area contributed by atoms with Gasteiger partial charge in [-0.3, -0.25) is 10.1 Å². The maximum absolute atomic E-state index is 12.0. The van der Waals surface area contributed by atoms with Crippen LogP contribution in [0.2, 0.25) is 0 Å². The Balaban J connectivity index is 1.89. The highest BCUT2D eigenvalue weighted by atomic mass is 32.1. The number of carbonyl (C=O) groups excluding carboxylic acids is 2. The van der Waals surface area contributed by atoms with Crippen LogP contribution in [0.4, 0.5) is 9.93 Å². The lowest BCUT2D eigenvalue weighted by Gasteiger charge is -2.05. The van der Waals surface area contributed by atoms with Crippen molar-refractivity contribution in [1.29, 1.82) is 5.26 Å². The lowest BCUT2D eigenvalue weighted by Crippen LogP contribution is -2.32. The number of amides is 3. The fourth-order valence-electron chi connectivity index (χ4n) is 2.02. The molecule has 0 saturated carbocycles. The van der Waals surface area contributed by atoms with Crippen LogP contribution in [0.3, 0.4) is 0 Å². The van der Waals surface area contributed by atoms with E-state index < -0.39 is 6.03 Å². The predicted octanol–water partition coefficient (Wildman–Crippen LogP) is 2.69. The molecule has 0 bridgehead atoms. The van der Waals surface area contributed by atoms with Crippen LogP contribution >= 0.6 is 22.7 Å². The van der Waals surface area contributed by atoms with Crippen LogP contribution in [-0.2, 0) is 11.2 Å². The van der Waals surface area contributed by atoms with Crippen LogP contribution in [0, 0.1) is 24.2 Å². The minimum absolute atomic E-state index is 0.183. The number of nitrogens with one attached hydrogen (secondary N) is 2. The average Bonchev–Trinajstić information content (AvgIpc) is 3.21. The number of carbonyl (C=O) groups is 2. The summed E-state index contributed by atoms with van der Waals surface area (Å²) in [6.45, 7) is 5.56. The van der Waals surface area contributed by atoms with Gasteiger partial charge in [-0.05, 0) is 6.92 Å². The molecule has 0 unspecified atom stereocenters. The molecular weight excluding hydrogens is 398 g/mol. The smallest absolute Gasteiger partial charge is 0.321 e. The number of thiazole rings is 2. The van der Waals surface area contributed by atoms with E-state index in [1.807, 2.05) is 12.3 Å². The molecule has 0 saturated heterocycles. The molecule has 3 amide bonds. The summed E-state index contributed by atoms with van der Waals surface area (Å²) < 4.78 is 0. The van der Waals surface area contributed by atoms with Gasteiger partial charge in [0, 0.05) is 24.3 Å². The van der Waals surface area contributed by atoms with Crippen LogP contribution in [0.5, 0.6) is 0 Å². The Labute approximate surface area is 170 Å². The summed E-state index contributed by atoms with van der Waals surface area (Å²) in [5.74, 6) is -0.318. The number of nitrogens with two attached hydrogens (primary N) is 1. The van der Waals surface area contributed by atoms with Gasteiger partial charge in [0.25, 0.3) is 0 Å². The first-order valence-electron chi connectivity index (χ1n) is 8.51. The van der Waals surface area contributed by atoms with Crippen molar-refractivity contribution in [1.82, 2.24) is 15.3 Å². The number of nitriles is 1. The van der Waals surface area contributed by atoms with E-state index in [9.17, 15) is 9.59 Å². The zero-order valence-electron chi connectivity index (χ0n) is 15.8. The second-order valence-corrected chi connectivity index (χ2v) is 8.06. The van der Waals surface area contributed by atoms with Gasteiger partial charge < -0.3 is 11.1 Å². The summed E-state index contributed by atoms with van der Waals surface area (Å²) in [6, 6.07) is 1.65. The molecule has 2 aromatic heterocycles. The van der Waals surface area contributed by atoms with Crippen LogP contribution in [-0.4, -0.2) is 34.3 Å². The number of aromatic nitrogens is 2. The number of aryl methyl sites for hydroxylation is 1. The zero-order chi connectivity index (χ0) is 20.7. The highest BCUT2D eigenvalue weighted by Gasteiger charge is 2.14. The third kappa shape index (κ3) is 6.11. The Hall–Kier alpha value is -2.84. The van der Waals surface area contributed by atoms with Crippen molar-refractivity contribution < 1.29 is 9.59 Å². The lowest BCUT2D eigenvalue weighted by molar-refractivity contribution is -0.120. The van der Waals surface area contributed by atoms with E-state index in [0.29, 0.717) is 5.13 Å². The molecule has 9 nitrogen and oxygen atoms in total. The predicted molar refractivity (Wildman–Crippen MR) is 110 cm³/mol. The first-order valence-corrected chi connectivity index (χ1v) is 10.2. The number of amidine groups is 1. The van der Waals surface area contributed by atoms with E-state index in [0.717, 1.165) is 21.3 Å². The van der Waals surface area contributed by atoms with Crippen LogP contribution in [0.25, 0.3) is 10.6 Å². The molecule has 2 heterocycles. The maximum Gasteiger partial charge on any atom is 0.321 e. The molecule has 0 aliphatic heterocycles. The zero-order valence-corrected chi connectivity index (χ0v) is 17.4. The Kier molecular flexibility index (Phi) is 7.60. The van der Waals surface area contributed by atoms with E-state index in [1.165, 1.54) is 22.7 Å². The third-order valence-electron chi connectivity index (χ3n) is 3.45. The molecule has 0 aliphatic carbocycles. The quantitative estimate of drug-likeness (QED) is 0.464. The van der Waals surface area contributed by atoms with E-state index in [1.54, 1.807) is 13.8 Å². The first kappa shape index (κ1) is 21.5. The van der Waals surface area contributed by atoms with Crippen LogP contribution in [0.15, 0.2) is 10.4 Å². The van der Waals surface area contributed by atoms with Gasteiger partial charge >= 0.3 is 6.03 Å². The summed E-state index contributed by atoms with van der Waals surface area (Å²) >= 11 is 2.73. The molecule has 0 atom stereocenters. The highest BCUT2D eigenvalue weighted by Crippen LogP contribution is 2.33. The van der Waals surface area contributed by atoms with Gasteiger partial charge in [0.2, 0.25) is 5.91 Å². The number of hydrogen-bond donors (Lipinski definition) is 3. The van der Waals surface area contributed by atoms with E-state index in [-0.39, 0.29) is 37.0 Å². The van der Waals surface area contributed by atoms with E-state index in [4.69, 9.17) is 11.0 Å². The van der Waals surface area contributed by atoms with Gasteiger partial charge in [0.05, 0.1) is 28.8 Å². The van der Waals surface area contributed by atoms with Crippen molar-refractivity contribution in [3.63, 3.8) is 0 Å². The Morgan fingerprint density at radius 3 is 2.82 bits per heavy atom. The summed E-state index contributed by atoms with van der Waals surface area (Å²) in [6.07, 6.45) is 0.541. The second-order valence-electron chi connectivity index (χ2n) is 6.12. The van der Waals surface area contributed by atoms with Gasteiger partial charge in [-0.1, -0.05) is 25.2 Å². The summed E-state index contributed by atoms with van der Waals surface area (Å²) in [5, 5.41) is 17.1. The van der Waals surface area contributed by atoms with Gasteiger partial charge in [0.15, 0.2) is 5.13 Å². The van der Waals surface area contributed by atoms with Crippen molar-refractivity contribution in [2.75, 3.05) is 11.9 Å². The minimum atomic E-state index is -0.424. The topological polar surface area (TPSA) is 146 Å². The lowest BCUT2D eigenvalue weighted by atomic mass is 10.2. The molecule has 0 radical (unpaired) electrons. The van der Waals surface area contributed by atoms with Crippen molar-refractivity contribution in [2.45, 2.75) is 33.6 Å². The number of hydrogen-bond acceptors (Lipinski definition) is 7.